The number of piperidine rings is 1. The number of likely N-dealkylation sites (tertiary alicyclic amines) is 1. The Labute approximate surface area is 94.4 Å². The Morgan fingerprint density at radius 3 is 2.80 bits per heavy atom. The second-order valence-electron chi connectivity index (χ2n) is 5.30. The van der Waals surface area contributed by atoms with Gasteiger partial charge in [-0.05, 0) is 51.7 Å². The molecule has 2 heteroatoms. The molecule has 2 fully saturated rings. The van der Waals surface area contributed by atoms with Gasteiger partial charge in [-0.2, -0.15) is 0 Å². The van der Waals surface area contributed by atoms with Crippen molar-refractivity contribution in [2.45, 2.75) is 57.4 Å². The maximum atomic E-state index is 3.60. The van der Waals surface area contributed by atoms with Crippen molar-refractivity contribution in [2.24, 2.45) is 0 Å². The largest absolute Gasteiger partial charge is 0.315 e. The molecule has 2 aliphatic heterocycles. The molecule has 0 bridgehead atoms. The zero-order valence-corrected chi connectivity index (χ0v) is 10.2. The summed E-state index contributed by atoms with van der Waals surface area (Å²) in [7, 11) is 0. The molecule has 2 saturated heterocycles. The van der Waals surface area contributed by atoms with Gasteiger partial charge in [0.25, 0.3) is 0 Å². The molecule has 1 spiro atoms. The lowest BCUT2D eigenvalue weighted by Gasteiger charge is -2.42. The predicted molar refractivity (Wildman–Crippen MR) is 65.2 cm³/mol. The van der Waals surface area contributed by atoms with Crippen LogP contribution in [0.25, 0.3) is 0 Å². The van der Waals surface area contributed by atoms with Crippen molar-refractivity contribution >= 4 is 0 Å². The van der Waals surface area contributed by atoms with Crippen molar-refractivity contribution in [3.63, 3.8) is 0 Å². The molecule has 2 aliphatic rings. The predicted octanol–water partition coefficient (Wildman–Crippen LogP) is 2.39. The van der Waals surface area contributed by atoms with Crippen LogP contribution in [-0.2, 0) is 0 Å². The number of unbranched alkanes of at least 4 members (excludes halogenated alkanes) is 2. The topological polar surface area (TPSA) is 15.3 Å². The molecule has 0 aromatic heterocycles. The summed E-state index contributed by atoms with van der Waals surface area (Å²) in [6.07, 6.45) is 9.83. The summed E-state index contributed by atoms with van der Waals surface area (Å²) in [6, 6.07) is 0. The molecule has 0 amide bonds. The van der Waals surface area contributed by atoms with E-state index in [0.717, 1.165) is 0 Å². The zero-order valence-electron chi connectivity index (χ0n) is 10.2. The van der Waals surface area contributed by atoms with E-state index >= 15 is 0 Å². The SMILES string of the molecule is CCCCCN1CCCC12CCCNC2. The van der Waals surface area contributed by atoms with Gasteiger partial charge < -0.3 is 5.32 Å². The van der Waals surface area contributed by atoms with Gasteiger partial charge in [0.1, 0.15) is 0 Å². The molecule has 1 N–H and O–H groups in total. The van der Waals surface area contributed by atoms with E-state index in [4.69, 9.17) is 0 Å². The van der Waals surface area contributed by atoms with E-state index in [1.54, 1.807) is 0 Å². The maximum Gasteiger partial charge on any atom is 0.0334 e. The highest BCUT2D eigenvalue weighted by Crippen LogP contribution is 2.34. The average molecular weight is 210 g/mol. The van der Waals surface area contributed by atoms with Crippen LogP contribution in [0.5, 0.6) is 0 Å². The summed E-state index contributed by atoms with van der Waals surface area (Å²) in [5.41, 5.74) is 0.561. The molecular formula is C13H26N2. The van der Waals surface area contributed by atoms with Crippen LogP contribution in [0.3, 0.4) is 0 Å². The third kappa shape index (κ3) is 2.54. The van der Waals surface area contributed by atoms with Crippen LogP contribution in [0.15, 0.2) is 0 Å². The van der Waals surface area contributed by atoms with Crippen molar-refractivity contribution in [1.82, 2.24) is 10.2 Å². The van der Waals surface area contributed by atoms with Gasteiger partial charge in [-0.3, -0.25) is 4.90 Å². The zero-order chi connectivity index (χ0) is 10.6. The fourth-order valence-electron chi connectivity index (χ4n) is 3.33. The maximum absolute atomic E-state index is 3.60. The van der Waals surface area contributed by atoms with Crippen LogP contribution >= 0.6 is 0 Å². The van der Waals surface area contributed by atoms with E-state index in [9.17, 15) is 0 Å². The van der Waals surface area contributed by atoms with E-state index in [1.807, 2.05) is 0 Å². The number of hydrogen-bond donors (Lipinski definition) is 1. The molecule has 88 valence electrons. The monoisotopic (exact) mass is 210 g/mol. The Hall–Kier alpha value is -0.0800. The van der Waals surface area contributed by atoms with Crippen LogP contribution in [-0.4, -0.2) is 36.6 Å². The summed E-state index contributed by atoms with van der Waals surface area (Å²) in [6.45, 7) is 7.48. The molecule has 0 radical (unpaired) electrons. The Balaban J connectivity index is 1.85. The van der Waals surface area contributed by atoms with E-state index in [-0.39, 0.29) is 0 Å². The molecule has 2 heterocycles. The molecule has 1 unspecified atom stereocenters. The summed E-state index contributed by atoms with van der Waals surface area (Å²) < 4.78 is 0. The molecule has 0 aromatic carbocycles. The molecule has 0 aliphatic carbocycles. The van der Waals surface area contributed by atoms with Crippen LogP contribution in [0.2, 0.25) is 0 Å². The normalized spacial score (nSPS) is 32.6. The van der Waals surface area contributed by atoms with Crippen LogP contribution in [0, 0.1) is 0 Å². The van der Waals surface area contributed by atoms with Gasteiger partial charge in [0.05, 0.1) is 0 Å². The Bertz CT molecular complexity index is 185. The van der Waals surface area contributed by atoms with Crippen LogP contribution < -0.4 is 5.32 Å². The van der Waals surface area contributed by atoms with Crippen LogP contribution in [0.4, 0.5) is 0 Å². The lowest BCUT2D eigenvalue weighted by molar-refractivity contribution is 0.103. The third-order valence-corrected chi connectivity index (χ3v) is 4.22. The van der Waals surface area contributed by atoms with Crippen molar-refractivity contribution in [2.75, 3.05) is 26.2 Å². The molecule has 15 heavy (non-hydrogen) atoms. The number of rotatable bonds is 4. The van der Waals surface area contributed by atoms with Gasteiger partial charge in [0, 0.05) is 12.1 Å². The van der Waals surface area contributed by atoms with E-state index in [0.29, 0.717) is 5.54 Å². The molecule has 2 rings (SSSR count). The minimum absolute atomic E-state index is 0.561. The first-order valence-corrected chi connectivity index (χ1v) is 6.83. The smallest absolute Gasteiger partial charge is 0.0334 e. The number of hydrogen-bond acceptors (Lipinski definition) is 2. The average Bonchev–Trinajstić information content (AvgIpc) is 2.63. The number of nitrogens with one attached hydrogen (secondary N) is 1. The lowest BCUT2D eigenvalue weighted by atomic mass is 9.87. The molecule has 1 atom stereocenters. The molecule has 0 saturated carbocycles. The molecule has 2 nitrogen and oxygen atoms in total. The highest BCUT2D eigenvalue weighted by molar-refractivity contribution is 4.99. The van der Waals surface area contributed by atoms with Crippen molar-refractivity contribution in [3.8, 4) is 0 Å². The van der Waals surface area contributed by atoms with E-state index in [1.165, 1.54) is 71.1 Å². The Morgan fingerprint density at radius 2 is 2.07 bits per heavy atom. The summed E-state index contributed by atoms with van der Waals surface area (Å²) in [5, 5.41) is 3.60. The van der Waals surface area contributed by atoms with Gasteiger partial charge in [-0.1, -0.05) is 19.8 Å². The first kappa shape index (κ1) is 11.4. The van der Waals surface area contributed by atoms with Crippen molar-refractivity contribution in [1.29, 1.82) is 0 Å². The standard InChI is InChI=1S/C13H26N2/c1-2-3-4-10-15-11-6-8-13(15)7-5-9-14-12-13/h14H,2-12H2,1H3. The number of nitrogens with zero attached hydrogens (tertiary/aromatic N) is 1. The van der Waals surface area contributed by atoms with Gasteiger partial charge in [0.15, 0.2) is 0 Å². The minimum atomic E-state index is 0.561. The fourth-order valence-corrected chi connectivity index (χ4v) is 3.33. The van der Waals surface area contributed by atoms with Gasteiger partial charge >= 0.3 is 0 Å². The van der Waals surface area contributed by atoms with Crippen molar-refractivity contribution < 1.29 is 0 Å². The van der Waals surface area contributed by atoms with Gasteiger partial charge in [-0.25, -0.2) is 0 Å². The highest BCUT2D eigenvalue weighted by atomic mass is 15.2. The van der Waals surface area contributed by atoms with Crippen molar-refractivity contribution in [3.05, 3.63) is 0 Å². The van der Waals surface area contributed by atoms with Gasteiger partial charge in [0.2, 0.25) is 0 Å². The second kappa shape index (κ2) is 5.31. The molecule has 0 aromatic rings. The van der Waals surface area contributed by atoms with Crippen LogP contribution in [0.1, 0.15) is 51.9 Å². The minimum Gasteiger partial charge on any atom is -0.315 e. The Kier molecular flexibility index (Phi) is 4.04. The van der Waals surface area contributed by atoms with Gasteiger partial charge in [-0.15, -0.1) is 0 Å². The van der Waals surface area contributed by atoms with E-state index < -0.39 is 0 Å². The summed E-state index contributed by atoms with van der Waals surface area (Å²) in [4.78, 5) is 2.79. The van der Waals surface area contributed by atoms with E-state index in [2.05, 4.69) is 17.1 Å². The third-order valence-electron chi connectivity index (χ3n) is 4.22. The second-order valence-corrected chi connectivity index (χ2v) is 5.30. The lowest BCUT2D eigenvalue weighted by Crippen LogP contribution is -2.54. The fraction of sp³-hybridized carbons (Fsp3) is 1.00. The summed E-state index contributed by atoms with van der Waals surface area (Å²) >= 11 is 0. The Morgan fingerprint density at radius 1 is 1.20 bits per heavy atom. The summed E-state index contributed by atoms with van der Waals surface area (Å²) in [5.74, 6) is 0. The molecular weight excluding hydrogens is 184 g/mol. The highest BCUT2D eigenvalue weighted by Gasteiger charge is 2.40. The quantitative estimate of drug-likeness (QED) is 0.717. The first-order chi connectivity index (χ1) is 7.37. The first-order valence-electron chi connectivity index (χ1n) is 6.83.